The Labute approximate surface area is 156 Å². The minimum absolute atomic E-state index is 0.0317. The van der Waals surface area contributed by atoms with Crippen LogP contribution in [0.25, 0.3) is 0 Å². The number of hydrogen-bond donors (Lipinski definition) is 1. The number of rotatable bonds is 9. The summed E-state index contributed by atoms with van der Waals surface area (Å²) >= 11 is 0. The van der Waals surface area contributed by atoms with Gasteiger partial charge in [-0.2, -0.15) is 0 Å². The summed E-state index contributed by atoms with van der Waals surface area (Å²) in [7, 11) is 0. The molecule has 0 fully saturated rings. The molecule has 26 heavy (non-hydrogen) atoms. The van der Waals surface area contributed by atoms with E-state index in [9.17, 15) is 4.79 Å². The van der Waals surface area contributed by atoms with Crippen LogP contribution in [0.1, 0.15) is 50.0 Å². The topological polar surface area (TPSA) is 47.6 Å². The van der Waals surface area contributed by atoms with Crippen LogP contribution in [-0.2, 0) is 6.42 Å². The van der Waals surface area contributed by atoms with Crippen LogP contribution >= 0.6 is 0 Å². The van der Waals surface area contributed by atoms with Crippen LogP contribution < -0.4 is 14.8 Å². The zero-order valence-corrected chi connectivity index (χ0v) is 16.1. The molecule has 0 atom stereocenters. The smallest absolute Gasteiger partial charge is 0.255 e. The highest BCUT2D eigenvalue weighted by Crippen LogP contribution is 2.19. The fourth-order valence-corrected chi connectivity index (χ4v) is 2.65. The molecule has 0 heterocycles. The van der Waals surface area contributed by atoms with Crippen molar-refractivity contribution in [1.82, 2.24) is 5.32 Å². The summed E-state index contributed by atoms with van der Waals surface area (Å²) in [5.41, 5.74) is 1.79. The quantitative estimate of drug-likeness (QED) is 0.668. The summed E-state index contributed by atoms with van der Waals surface area (Å²) in [6.07, 6.45) is 1.95. The van der Waals surface area contributed by atoms with Crippen molar-refractivity contribution in [3.63, 3.8) is 0 Å². The molecule has 4 nitrogen and oxygen atoms in total. The summed E-state index contributed by atoms with van der Waals surface area (Å²) in [4.78, 5) is 12.4. The minimum atomic E-state index is -0.0989. The Balaban J connectivity index is 1.84. The lowest BCUT2D eigenvalue weighted by molar-refractivity contribution is 0.0947. The van der Waals surface area contributed by atoms with Gasteiger partial charge in [-0.25, -0.2) is 0 Å². The van der Waals surface area contributed by atoms with Gasteiger partial charge in [0.1, 0.15) is 11.5 Å². The van der Waals surface area contributed by atoms with Crippen LogP contribution in [0, 0.1) is 0 Å². The monoisotopic (exact) mass is 355 g/mol. The van der Waals surface area contributed by atoms with Gasteiger partial charge in [-0.15, -0.1) is 0 Å². The van der Waals surface area contributed by atoms with Gasteiger partial charge >= 0.3 is 0 Å². The molecule has 0 bridgehead atoms. The van der Waals surface area contributed by atoms with Crippen molar-refractivity contribution in [1.29, 1.82) is 0 Å². The van der Waals surface area contributed by atoms with E-state index < -0.39 is 0 Å². The molecule has 2 aromatic rings. The minimum Gasteiger partial charge on any atom is -0.491 e. The maximum Gasteiger partial charge on any atom is 0.255 e. The summed E-state index contributed by atoms with van der Waals surface area (Å²) in [5.74, 6) is 1.41. The molecule has 1 N–H and O–H groups in total. The Kier molecular flexibility index (Phi) is 7.52. The molecule has 1 amide bonds. The molecule has 0 aliphatic heterocycles. The summed E-state index contributed by atoms with van der Waals surface area (Å²) in [6.45, 7) is 8.55. The molecule has 2 aromatic carbocycles. The highest BCUT2D eigenvalue weighted by atomic mass is 16.5. The fourth-order valence-electron chi connectivity index (χ4n) is 2.65. The molecule has 0 aliphatic carbocycles. The molecular formula is C22H29NO3. The molecule has 0 aliphatic rings. The van der Waals surface area contributed by atoms with E-state index in [4.69, 9.17) is 9.47 Å². The lowest BCUT2D eigenvalue weighted by atomic mass is 10.1. The molecule has 4 heteroatoms. The number of nitrogens with one attached hydrogen (secondary N) is 1. The van der Waals surface area contributed by atoms with Crippen molar-refractivity contribution < 1.29 is 14.3 Å². The van der Waals surface area contributed by atoms with E-state index in [0.717, 1.165) is 18.6 Å². The van der Waals surface area contributed by atoms with Crippen molar-refractivity contribution in [2.24, 2.45) is 0 Å². The average Bonchev–Trinajstić information content (AvgIpc) is 2.58. The van der Waals surface area contributed by atoms with Crippen LogP contribution in [0.15, 0.2) is 48.5 Å². The Morgan fingerprint density at radius 3 is 2.42 bits per heavy atom. The van der Waals surface area contributed by atoms with Crippen molar-refractivity contribution in [2.45, 2.75) is 52.7 Å². The lowest BCUT2D eigenvalue weighted by Gasteiger charge is -2.14. The van der Waals surface area contributed by atoms with Crippen molar-refractivity contribution in [3.05, 3.63) is 59.7 Å². The summed E-state index contributed by atoms with van der Waals surface area (Å²) < 4.78 is 11.4. The number of ether oxygens (including phenoxy) is 2. The molecular weight excluding hydrogens is 326 g/mol. The number of para-hydroxylation sites is 1. The Morgan fingerprint density at radius 2 is 1.69 bits per heavy atom. The first-order valence-corrected chi connectivity index (χ1v) is 9.25. The normalized spacial score (nSPS) is 10.8. The Bertz CT molecular complexity index is 710. The van der Waals surface area contributed by atoms with E-state index in [1.807, 2.05) is 58.0 Å². The summed E-state index contributed by atoms with van der Waals surface area (Å²) in [5, 5.41) is 2.98. The maximum atomic E-state index is 12.4. The first-order chi connectivity index (χ1) is 12.5. The zero-order chi connectivity index (χ0) is 18.9. The number of amides is 1. The molecule has 0 spiro atoms. The van der Waals surface area contributed by atoms with Gasteiger partial charge in [0.2, 0.25) is 0 Å². The van der Waals surface area contributed by atoms with Gasteiger partial charge in [0, 0.05) is 6.54 Å². The highest BCUT2D eigenvalue weighted by Gasteiger charge is 2.12. The predicted octanol–water partition coefficient (Wildman–Crippen LogP) is 4.62. The Morgan fingerprint density at radius 1 is 0.962 bits per heavy atom. The van der Waals surface area contributed by atoms with E-state index in [0.29, 0.717) is 17.9 Å². The third kappa shape index (κ3) is 6.43. The largest absolute Gasteiger partial charge is 0.491 e. The standard InChI is InChI=1S/C22H29NO3/c1-16(2)25-19-11-7-9-18(15-19)10-8-14-23-22(24)20-12-5-6-13-21(20)26-17(3)4/h5-7,9,11-13,15-17H,8,10,14H2,1-4H3,(H,23,24). The third-order valence-electron chi connectivity index (χ3n) is 3.69. The maximum absolute atomic E-state index is 12.4. The lowest BCUT2D eigenvalue weighted by Crippen LogP contribution is -2.25. The van der Waals surface area contributed by atoms with E-state index in [1.165, 1.54) is 5.56 Å². The summed E-state index contributed by atoms with van der Waals surface area (Å²) in [6, 6.07) is 15.5. The van der Waals surface area contributed by atoms with Crippen molar-refractivity contribution in [2.75, 3.05) is 6.54 Å². The fraction of sp³-hybridized carbons (Fsp3) is 0.409. The zero-order valence-electron chi connectivity index (χ0n) is 16.1. The van der Waals surface area contributed by atoms with E-state index >= 15 is 0 Å². The van der Waals surface area contributed by atoms with Crippen LogP contribution in [0.2, 0.25) is 0 Å². The number of aryl methyl sites for hydroxylation is 1. The number of carbonyl (C=O) groups is 1. The molecule has 0 radical (unpaired) electrons. The number of carbonyl (C=O) groups excluding carboxylic acids is 1. The van der Waals surface area contributed by atoms with Gasteiger partial charge in [-0.05, 0) is 70.4 Å². The second-order valence-corrected chi connectivity index (χ2v) is 6.84. The van der Waals surface area contributed by atoms with E-state index in [-0.39, 0.29) is 18.1 Å². The third-order valence-corrected chi connectivity index (χ3v) is 3.69. The number of hydrogen-bond acceptors (Lipinski definition) is 3. The highest BCUT2D eigenvalue weighted by molar-refractivity contribution is 5.96. The van der Waals surface area contributed by atoms with Crippen LogP contribution in [0.3, 0.4) is 0 Å². The molecule has 0 saturated carbocycles. The van der Waals surface area contributed by atoms with E-state index in [1.54, 1.807) is 6.07 Å². The van der Waals surface area contributed by atoms with Gasteiger partial charge in [0.05, 0.1) is 17.8 Å². The predicted molar refractivity (Wildman–Crippen MR) is 105 cm³/mol. The first-order valence-electron chi connectivity index (χ1n) is 9.25. The second-order valence-electron chi connectivity index (χ2n) is 6.84. The van der Waals surface area contributed by atoms with Crippen LogP contribution in [-0.4, -0.2) is 24.7 Å². The van der Waals surface area contributed by atoms with Gasteiger partial charge in [-0.3, -0.25) is 4.79 Å². The first kappa shape index (κ1) is 19.8. The molecule has 140 valence electrons. The van der Waals surface area contributed by atoms with Gasteiger partial charge < -0.3 is 14.8 Å². The van der Waals surface area contributed by atoms with Gasteiger partial charge in [-0.1, -0.05) is 24.3 Å². The average molecular weight is 355 g/mol. The van der Waals surface area contributed by atoms with Crippen LogP contribution in [0.4, 0.5) is 0 Å². The molecule has 0 saturated heterocycles. The van der Waals surface area contributed by atoms with Crippen molar-refractivity contribution >= 4 is 5.91 Å². The van der Waals surface area contributed by atoms with Crippen LogP contribution in [0.5, 0.6) is 11.5 Å². The SMILES string of the molecule is CC(C)Oc1cccc(CCCNC(=O)c2ccccc2OC(C)C)c1. The van der Waals surface area contributed by atoms with Gasteiger partial charge in [0.15, 0.2) is 0 Å². The van der Waals surface area contributed by atoms with Crippen molar-refractivity contribution in [3.8, 4) is 11.5 Å². The number of benzene rings is 2. The van der Waals surface area contributed by atoms with E-state index in [2.05, 4.69) is 17.4 Å². The molecule has 0 unspecified atom stereocenters. The van der Waals surface area contributed by atoms with Gasteiger partial charge in [0.25, 0.3) is 5.91 Å². The Hall–Kier alpha value is -2.49. The molecule has 2 rings (SSSR count). The second kappa shape index (κ2) is 9.85. The molecule has 0 aromatic heterocycles.